The van der Waals surface area contributed by atoms with Gasteiger partial charge in [-0.25, -0.2) is 5.10 Å². The first-order chi connectivity index (χ1) is 11.2. The Balaban J connectivity index is 1.76. The van der Waals surface area contributed by atoms with E-state index in [1.54, 1.807) is 30.5 Å². The van der Waals surface area contributed by atoms with E-state index in [0.29, 0.717) is 10.6 Å². The molecular weight excluding hydrogens is 312 g/mol. The van der Waals surface area contributed by atoms with E-state index in [1.807, 2.05) is 30.3 Å². The number of aromatic nitrogens is 3. The van der Waals surface area contributed by atoms with E-state index in [1.165, 1.54) is 4.68 Å². The number of phenolic OH excluding ortho intramolecular Hbond substituents is 1. The van der Waals surface area contributed by atoms with E-state index in [9.17, 15) is 5.11 Å². The maximum absolute atomic E-state index is 9.28. The Morgan fingerprint density at radius 3 is 2.65 bits per heavy atom. The van der Waals surface area contributed by atoms with Crippen molar-refractivity contribution < 1.29 is 9.84 Å². The Morgan fingerprint density at radius 2 is 1.91 bits per heavy atom. The van der Waals surface area contributed by atoms with Crippen LogP contribution in [0.2, 0.25) is 0 Å². The Labute approximate surface area is 137 Å². The minimum atomic E-state index is 0.207. The van der Waals surface area contributed by atoms with Crippen LogP contribution in [0.5, 0.6) is 11.5 Å². The summed E-state index contributed by atoms with van der Waals surface area (Å²) >= 11 is 5.18. The number of nitrogens with one attached hydrogen (secondary N) is 1. The Morgan fingerprint density at radius 1 is 1.17 bits per heavy atom. The lowest BCUT2D eigenvalue weighted by atomic mass is 10.2. The maximum Gasteiger partial charge on any atom is 0.216 e. The van der Waals surface area contributed by atoms with Crippen LogP contribution < -0.4 is 4.74 Å². The summed E-state index contributed by atoms with van der Waals surface area (Å²) in [7, 11) is 0. The molecule has 1 heterocycles. The number of hydrogen-bond donors (Lipinski definition) is 2. The summed E-state index contributed by atoms with van der Waals surface area (Å²) in [5, 5.41) is 20.4. The largest absolute Gasteiger partial charge is 0.508 e. The zero-order valence-corrected chi connectivity index (χ0v) is 12.9. The molecule has 6 nitrogen and oxygen atoms in total. The number of rotatable bonds is 5. The number of aromatic amines is 1. The van der Waals surface area contributed by atoms with Crippen LogP contribution in [-0.4, -0.2) is 26.2 Å². The quantitative estimate of drug-likeness (QED) is 0.558. The van der Waals surface area contributed by atoms with Crippen molar-refractivity contribution in [3.05, 3.63) is 70.8 Å². The summed E-state index contributed by atoms with van der Waals surface area (Å²) in [6, 6.07) is 16.1. The van der Waals surface area contributed by atoms with Crippen LogP contribution >= 0.6 is 12.2 Å². The molecule has 0 saturated heterocycles. The van der Waals surface area contributed by atoms with Crippen molar-refractivity contribution >= 4 is 18.4 Å². The molecule has 2 N–H and O–H groups in total. The van der Waals surface area contributed by atoms with E-state index in [2.05, 4.69) is 15.3 Å². The van der Waals surface area contributed by atoms with Gasteiger partial charge in [0.15, 0.2) is 5.82 Å². The fourth-order valence-corrected chi connectivity index (χ4v) is 2.08. The molecule has 0 aliphatic carbocycles. The number of aromatic hydroxyl groups is 1. The summed E-state index contributed by atoms with van der Waals surface area (Å²) in [6.45, 7) is 0.240. The van der Waals surface area contributed by atoms with Gasteiger partial charge in [-0.1, -0.05) is 18.2 Å². The molecule has 2 aromatic carbocycles. The molecule has 3 rings (SSSR count). The zero-order chi connectivity index (χ0) is 16.1. The van der Waals surface area contributed by atoms with E-state index in [-0.39, 0.29) is 12.4 Å². The predicted molar refractivity (Wildman–Crippen MR) is 89.3 cm³/mol. The summed E-state index contributed by atoms with van der Waals surface area (Å²) in [4.78, 5) is 0. The highest BCUT2D eigenvalue weighted by Gasteiger charge is 2.06. The van der Waals surface area contributed by atoms with Crippen molar-refractivity contribution in [3.63, 3.8) is 0 Å². The third kappa shape index (κ3) is 3.83. The van der Waals surface area contributed by atoms with Gasteiger partial charge < -0.3 is 9.84 Å². The second-order valence-corrected chi connectivity index (χ2v) is 5.08. The third-order valence-corrected chi connectivity index (χ3v) is 3.31. The van der Waals surface area contributed by atoms with Crippen LogP contribution in [0, 0.1) is 4.77 Å². The lowest BCUT2D eigenvalue weighted by Gasteiger charge is -2.04. The molecule has 0 aliphatic heterocycles. The van der Waals surface area contributed by atoms with Gasteiger partial charge in [0.25, 0.3) is 0 Å². The van der Waals surface area contributed by atoms with Crippen LogP contribution in [0.1, 0.15) is 11.4 Å². The standard InChI is InChI=1S/C16H14N4O2S/c21-13-8-6-12(7-9-13)10-17-20-15(18-19-16(20)23)11-22-14-4-2-1-3-5-14/h1-10,21H,11H2,(H,19,23)/b17-10+. The van der Waals surface area contributed by atoms with Gasteiger partial charge in [0.05, 0.1) is 6.21 Å². The highest BCUT2D eigenvalue weighted by molar-refractivity contribution is 7.71. The van der Waals surface area contributed by atoms with Gasteiger partial charge in [0, 0.05) is 0 Å². The summed E-state index contributed by atoms with van der Waals surface area (Å²) in [5.74, 6) is 1.52. The Bertz CT molecular complexity index is 854. The fourth-order valence-electron chi connectivity index (χ4n) is 1.89. The van der Waals surface area contributed by atoms with Crippen molar-refractivity contribution in [2.24, 2.45) is 5.10 Å². The number of ether oxygens (including phenoxy) is 1. The summed E-state index contributed by atoms with van der Waals surface area (Å²) in [6.07, 6.45) is 1.64. The Kier molecular flexibility index (Phi) is 4.49. The SMILES string of the molecule is Oc1ccc(/C=N/n2c(COc3ccccc3)n[nH]c2=S)cc1. The van der Waals surface area contributed by atoms with Gasteiger partial charge in [-0.15, -0.1) is 0 Å². The molecule has 23 heavy (non-hydrogen) atoms. The molecule has 3 aromatic rings. The Hall–Kier alpha value is -2.93. The second kappa shape index (κ2) is 6.89. The molecule has 0 spiro atoms. The number of para-hydroxylation sites is 1. The van der Waals surface area contributed by atoms with Crippen molar-refractivity contribution in [1.29, 1.82) is 0 Å². The number of benzene rings is 2. The average molecular weight is 326 g/mol. The van der Waals surface area contributed by atoms with Gasteiger partial charge in [0.2, 0.25) is 4.77 Å². The first kappa shape index (κ1) is 15.0. The van der Waals surface area contributed by atoms with E-state index in [0.717, 1.165) is 11.3 Å². The number of phenols is 1. The molecule has 0 fully saturated rings. The van der Waals surface area contributed by atoms with Crippen LogP contribution in [-0.2, 0) is 6.61 Å². The predicted octanol–water partition coefficient (Wildman–Crippen LogP) is 3.11. The van der Waals surface area contributed by atoms with E-state index in [4.69, 9.17) is 17.0 Å². The monoisotopic (exact) mass is 326 g/mol. The van der Waals surface area contributed by atoms with Crippen molar-refractivity contribution in [2.75, 3.05) is 0 Å². The van der Waals surface area contributed by atoms with Gasteiger partial charge in [-0.3, -0.25) is 0 Å². The van der Waals surface area contributed by atoms with Crippen molar-refractivity contribution in [2.45, 2.75) is 6.61 Å². The number of H-pyrrole nitrogens is 1. The minimum Gasteiger partial charge on any atom is -0.508 e. The second-order valence-electron chi connectivity index (χ2n) is 4.69. The molecule has 0 unspecified atom stereocenters. The highest BCUT2D eigenvalue weighted by Crippen LogP contribution is 2.11. The van der Waals surface area contributed by atoms with Crippen LogP contribution in [0.25, 0.3) is 0 Å². The van der Waals surface area contributed by atoms with Gasteiger partial charge in [-0.2, -0.15) is 14.9 Å². The topological polar surface area (TPSA) is 75.4 Å². The van der Waals surface area contributed by atoms with E-state index < -0.39 is 0 Å². The molecule has 116 valence electrons. The van der Waals surface area contributed by atoms with Crippen molar-refractivity contribution in [1.82, 2.24) is 14.9 Å². The van der Waals surface area contributed by atoms with Crippen molar-refractivity contribution in [3.8, 4) is 11.5 Å². The fraction of sp³-hybridized carbons (Fsp3) is 0.0625. The molecule has 0 aliphatic rings. The lowest BCUT2D eigenvalue weighted by Crippen LogP contribution is -2.04. The molecule has 0 radical (unpaired) electrons. The first-order valence-electron chi connectivity index (χ1n) is 6.90. The first-order valence-corrected chi connectivity index (χ1v) is 7.31. The maximum atomic E-state index is 9.28. The number of hydrogen-bond acceptors (Lipinski definition) is 5. The summed E-state index contributed by atoms with van der Waals surface area (Å²) in [5.41, 5.74) is 0.834. The van der Waals surface area contributed by atoms with Crippen LogP contribution in [0.15, 0.2) is 59.7 Å². The zero-order valence-electron chi connectivity index (χ0n) is 12.1. The average Bonchev–Trinajstić information content (AvgIpc) is 2.93. The molecule has 1 aromatic heterocycles. The smallest absolute Gasteiger partial charge is 0.216 e. The molecule has 0 bridgehead atoms. The molecule has 0 amide bonds. The van der Waals surface area contributed by atoms with Gasteiger partial charge >= 0.3 is 0 Å². The minimum absolute atomic E-state index is 0.207. The lowest BCUT2D eigenvalue weighted by molar-refractivity contribution is 0.290. The third-order valence-electron chi connectivity index (χ3n) is 3.04. The van der Waals surface area contributed by atoms with Crippen LogP contribution in [0.4, 0.5) is 0 Å². The van der Waals surface area contributed by atoms with Gasteiger partial charge in [-0.05, 0) is 54.2 Å². The molecule has 0 saturated carbocycles. The molecular formula is C16H14N4O2S. The molecule has 0 atom stereocenters. The number of nitrogens with zero attached hydrogens (tertiary/aromatic N) is 3. The van der Waals surface area contributed by atoms with Gasteiger partial charge in [0.1, 0.15) is 18.1 Å². The highest BCUT2D eigenvalue weighted by atomic mass is 32.1. The van der Waals surface area contributed by atoms with Crippen LogP contribution in [0.3, 0.4) is 0 Å². The molecule has 7 heteroatoms. The summed E-state index contributed by atoms with van der Waals surface area (Å²) < 4.78 is 7.54. The van der Waals surface area contributed by atoms with E-state index >= 15 is 0 Å². The normalized spacial score (nSPS) is 11.0.